The van der Waals surface area contributed by atoms with Crippen LogP contribution in [0.4, 0.5) is 5.13 Å². The lowest BCUT2D eigenvalue weighted by Gasteiger charge is -2.01. The summed E-state index contributed by atoms with van der Waals surface area (Å²) in [7, 11) is -3.26. The number of nitrogens with zero attached hydrogens (tertiary/aromatic N) is 1. The number of amides is 1. The minimum Gasteiger partial charge on any atom is -0.302 e. The Morgan fingerprint density at radius 2 is 1.96 bits per heavy atom. The zero-order chi connectivity index (χ0) is 17.6. The van der Waals surface area contributed by atoms with E-state index in [4.69, 9.17) is 0 Å². The lowest BCUT2D eigenvalue weighted by molar-refractivity contribution is -0.117. The number of benzene rings is 2. The van der Waals surface area contributed by atoms with Crippen molar-refractivity contribution in [3.63, 3.8) is 0 Å². The van der Waals surface area contributed by atoms with Crippen LogP contribution >= 0.6 is 11.3 Å². The summed E-state index contributed by atoms with van der Waals surface area (Å²) in [5.74, 6) is 0.213. The van der Waals surface area contributed by atoms with Gasteiger partial charge in [0.1, 0.15) is 0 Å². The Bertz CT molecular complexity index is 1060. The molecule has 1 fully saturated rings. The van der Waals surface area contributed by atoms with E-state index in [2.05, 4.69) is 10.3 Å². The van der Waals surface area contributed by atoms with Gasteiger partial charge < -0.3 is 5.32 Å². The second kappa shape index (κ2) is 5.93. The Labute approximate surface area is 149 Å². The molecule has 2 atom stereocenters. The largest absolute Gasteiger partial charge is 0.302 e. The number of aromatic nitrogens is 1. The molecule has 128 valence electrons. The molecule has 0 bridgehead atoms. The molecule has 0 unspecified atom stereocenters. The summed E-state index contributed by atoms with van der Waals surface area (Å²) in [6.07, 6.45) is 2.02. The molecular formula is C18H16N2O3S2. The molecule has 7 heteroatoms. The standard InChI is InChI=1S/C18H16N2O3S2/c1-25(22,23)12-7-8-15-16(9-12)24-18(19-15)20-17(21)14-10-13(14)11-5-3-2-4-6-11/h2-9,13-14H,10H2,1H3,(H,19,20,21)/t13-,14-/m0/s1. The van der Waals surface area contributed by atoms with Gasteiger partial charge in [0.15, 0.2) is 15.0 Å². The molecule has 0 radical (unpaired) electrons. The van der Waals surface area contributed by atoms with Gasteiger partial charge in [0.25, 0.3) is 0 Å². The van der Waals surface area contributed by atoms with E-state index < -0.39 is 9.84 Å². The number of fused-ring (bicyclic) bond motifs is 1. The van der Waals surface area contributed by atoms with Crippen LogP contribution in [0.3, 0.4) is 0 Å². The zero-order valence-electron chi connectivity index (χ0n) is 13.5. The second-order valence-corrected chi connectivity index (χ2v) is 9.32. The quantitative estimate of drug-likeness (QED) is 0.761. The van der Waals surface area contributed by atoms with Crippen LogP contribution in [0.2, 0.25) is 0 Å². The van der Waals surface area contributed by atoms with E-state index >= 15 is 0 Å². The van der Waals surface area contributed by atoms with Crippen LogP contribution < -0.4 is 5.32 Å². The fourth-order valence-corrected chi connectivity index (χ4v) is 4.57. The Kier molecular flexibility index (Phi) is 3.85. The van der Waals surface area contributed by atoms with Gasteiger partial charge in [-0.1, -0.05) is 41.7 Å². The number of nitrogens with one attached hydrogen (secondary N) is 1. The molecule has 3 aromatic rings. The Balaban J connectivity index is 1.50. The predicted molar refractivity (Wildman–Crippen MR) is 98.6 cm³/mol. The van der Waals surface area contributed by atoms with Crippen molar-refractivity contribution in [3.8, 4) is 0 Å². The topological polar surface area (TPSA) is 76.1 Å². The van der Waals surface area contributed by atoms with Crippen molar-refractivity contribution < 1.29 is 13.2 Å². The summed E-state index contributed by atoms with van der Waals surface area (Å²) < 4.78 is 24.0. The van der Waals surface area contributed by atoms with Gasteiger partial charge in [-0.25, -0.2) is 13.4 Å². The molecule has 5 nitrogen and oxygen atoms in total. The molecule has 1 saturated carbocycles. The normalized spacial score (nSPS) is 19.7. The maximum absolute atomic E-state index is 12.4. The SMILES string of the molecule is CS(=O)(=O)c1ccc2nc(NC(=O)[C@H]3C[C@H]3c3ccccc3)sc2c1. The van der Waals surface area contributed by atoms with E-state index in [-0.39, 0.29) is 22.6 Å². The highest BCUT2D eigenvalue weighted by Gasteiger charge is 2.44. The Morgan fingerprint density at radius 3 is 2.68 bits per heavy atom. The molecule has 25 heavy (non-hydrogen) atoms. The fourth-order valence-electron chi connectivity index (χ4n) is 2.94. The monoisotopic (exact) mass is 372 g/mol. The number of hydrogen-bond donors (Lipinski definition) is 1. The Hall–Kier alpha value is -2.25. The fraction of sp³-hybridized carbons (Fsp3) is 0.222. The highest BCUT2D eigenvalue weighted by atomic mass is 32.2. The highest BCUT2D eigenvalue weighted by Crippen LogP contribution is 2.48. The first kappa shape index (κ1) is 16.2. The summed E-state index contributed by atoms with van der Waals surface area (Å²) in [5.41, 5.74) is 1.87. The van der Waals surface area contributed by atoms with E-state index in [0.717, 1.165) is 11.1 Å². The van der Waals surface area contributed by atoms with E-state index in [1.54, 1.807) is 12.1 Å². The van der Waals surface area contributed by atoms with Gasteiger partial charge >= 0.3 is 0 Å². The van der Waals surface area contributed by atoms with E-state index in [1.165, 1.54) is 29.2 Å². The van der Waals surface area contributed by atoms with Crippen LogP contribution in [-0.2, 0) is 14.6 Å². The predicted octanol–water partition coefficient (Wildman–Crippen LogP) is 3.44. The average Bonchev–Trinajstić information content (AvgIpc) is 3.28. The summed E-state index contributed by atoms with van der Waals surface area (Å²) in [6, 6.07) is 14.8. The molecule has 1 aliphatic rings. The molecule has 1 aliphatic carbocycles. The second-order valence-electron chi connectivity index (χ2n) is 6.27. The molecule has 1 aromatic heterocycles. The first-order valence-electron chi connectivity index (χ1n) is 7.88. The van der Waals surface area contributed by atoms with Gasteiger partial charge in [0.2, 0.25) is 5.91 Å². The van der Waals surface area contributed by atoms with Crippen molar-refractivity contribution in [3.05, 3.63) is 54.1 Å². The maximum atomic E-state index is 12.4. The molecular weight excluding hydrogens is 356 g/mol. The lowest BCUT2D eigenvalue weighted by atomic mass is 10.1. The third-order valence-electron chi connectivity index (χ3n) is 4.37. The first-order chi connectivity index (χ1) is 11.9. The minimum atomic E-state index is -3.26. The van der Waals surface area contributed by atoms with E-state index in [0.29, 0.717) is 10.6 Å². The van der Waals surface area contributed by atoms with Gasteiger partial charge in [0.05, 0.1) is 15.1 Å². The van der Waals surface area contributed by atoms with Gasteiger partial charge in [-0.15, -0.1) is 0 Å². The van der Waals surface area contributed by atoms with Crippen LogP contribution in [0.5, 0.6) is 0 Å². The van der Waals surface area contributed by atoms with Crippen LogP contribution in [0.15, 0.2) is 53.4 Å². The van der Waals surface area contributed by atoms with E-state index in [9.17, 15) is 13.2 Å². The smallest absolute Gasteiger partial charge is 0.229 e. The lowest BCUT2D eigenvalue weighted by Crippen LogP contribution is -2.14. The third-order valence-corrected chi connectivity index (χ3v) is 6.42. The first-order valence-corrected chi connectivity index (χ1v) is 10.6. The van der Waals surface area contributed by atoms with Gasteiger partial charge in [-0.05, 0) is 36.1 Å². The number of thiazole rings is 1. The summed E-state index contributed by atoms with van der Waals surface area (Å²) in [6.45, 7) is 0. The number of carbonyl (C=O) groups is 1. The van der Waals surface area contributed by atoms with Crippen molar-refractivity contribution >= 4 is 42.4 Å². The number of carbonyl (C=O) groups excluding carboxylic acids is 1. The zero-order valence-corrected chi connectivity index (χ0v) is 15.1. The van der Waals surface area contributed by atoms with Crippen molar-refractivity contribution in [1.29, 1.82) is 0 Å². The van der Waals surface area contributed by atoms with E-state index in [1.807, 2.05) is 30.3 Å². The van der Waals surface area contributed by atoms with Crippen molar-refractivity contribution in [2.45, 2.75) is 17.2 Å². The summed E-state index contributed by atoms with van der Waals surface area (Å²) in [5, 5.41) is 3.37. The maximum Gasteiger partial charge on any atom is 0.229 e. The highest BCUT2D eigenvalue weighted by molar-refractivity contribution is 7.90. The van der Waals surface area contributed by atoms with Crippen LogP contribution in [-0.4, -0.2) is 25.6 Å². The summed E-state index contributed by atoms with van der Waals surface area (Å²) >= 11 is 1.29. The summed E-state index contributed by atoms with van der Waals surface area (Å²) in [4.78, 5) is 17.1. The number of rotatable bonds is 4. The van der Waals surface area contributed by atoms with Gasteiger partial charge in [-0.2, -0.15) is 0 Å². The third kappa shape index (κ3) is 3.29. The van der Waals surface area contributed by atoms with Crippen molar-refractivity contribution in [2.75, 3.05) is 11.6 Å². The molecule has 0 saturated heterocycles. The molecule has 4 rings (SSSR count). The number of anilines is 1. The molecule has 0 aliphatic heterocycles. The van der Waals surface area contributed by atoms with Crippen molar-refractivity contribution in [1.82, 2.24) is 4.98 Å². The molecule has 1 amide bonds. The average molecular weight is 372 g/mol. The van der Waals surface area contributed by atoms with Crippen LogP contribution in [0.1, 0.15) is 17.9 Å². The number of sulfone groups is 1. The van der Waals surface area contributed by atoms with Crippen molar-refractivity contribution in [2.24, 2.45) is 5.92 Å². The molecule has 2 aromatic carbocycles. The van der Waals surface area contributed by atoms with Crippen LogP contribution in [0, 0.1) is 5.92 Å². The van der Waals surface area contributed by atoms with Gasteiger partial charge in [-0.3, -0.25) is 4.79 Å². The van der Waals surface area contributed by atoms with Crippen LogP contribution in [0.25, 0.3) is 10.2 Å². The van der Waals surface area contributed by atoms with Gasteiger partial charge in [0, 0.05) is 12.2 Å². The molecule has 1 N–H and O–H groups in total. The molecule has 0 spiro atoms. The Morgan fingerprint density at radius 1 is 1.20 bits per heavy atom. The molecule has 1 heterocycles. The number of hydrogen-bond acceptors (Lipinski definition) is 5. The minimum absolute atomic E-state index is 0.0269.